The maximum absolute atomic E-state index is 14.8. The van der Waals surface area contributed by atoms with E-state index in [0.29, 0.717) is 17.0 Å². The highest BCUT2D eigenvalue weighted by Crippen LogP contribution is 2.45. The van der Waals surface area contributed by atoms with Crippen LogP contribution in [-0.4, -0.2) is 224 Å². The average molecular weight is 1700 g/mol. The van der Waals surface area contributed by atoms with Gasteiger partial charge in [-0.1, -0.05) is 165 Å². The summed E-state index contributed by atoms with van der Waals surface area (Å²) in [6.45, 7) is 20.1. The van der Waals surface area contributed by atoms with E-state index >= 15 is 0 Å². The molecule has 33 nitrogen and oxygen atoms in total. The van der Waals surface area contributed by atoms with Gasteiger partial charge in [0.1, 0.15) is 84.2 Å². The zero-order valence-corrected chi connectivity index (χ0v) is 72.6. The van der Waals surface area contributed by atoms with Crippen LogP contribution in [0.15, 0.2) is 145 Å². The largest absolute Gasteiger partial charge is 0.487 e. The first-order valence-electron chi connectivity index (χ1n) is 40.1. The van der Waals surface area contributed by atoms with Gasteiger partial charge in [0, 0.05) is 57.3 Å². The van der Waals surface area contributed by atoms with Crippen LogP contribution >= 0.6 is 13.5 Å². The Kier molecular flexibility index (Phi) is 35.0. The highest BCUT2D eigenvalue weighted by molar-refractivity contribution is 7.59. The topological polar surface area (TPSA) is 424 Å². The molecule has 6 aromatic rings. The number of aliphatic carboxylic acids is 1. The Morgan fingerprint density at radius 2 is 1.09 bits per heavy atom. The van der Waals surface area contributed by atoms with Gasteiger partial charge in [-0.15, -0.1) is 11.5 Å². The number of fused-ring (bicyclic) bond motifs is 3. The molecule has 1 aliphatic carbocycles. The van der Waals surface area contributed by atoms with Crippen molar-refractivity contribution in [1.82, 2.24) is 61.2 Å². The smallest absolute Gasteiger partial charge is 0.410 e. The summed E-state index contributed by atoms with van der Waals surface area (Å²) < 4.78 is 29.3. The summed E-state index contributed by atoms with van der Waals surface area (Å²) in [6, 6.07) is 31.0. The minimum Gasteiger partial charge on any atom is -0.487 e. The molecule has 6 N–H and O–H groups in total. The number of likely N-dealkylation sites (N-methyl/N-ethyl adjacent to an activating group) is 2. The van der Waals surface area contributed by atoms with Gasteiger partial charge in [0.05, 0.1) is 44.3 Å². The first-order valence-corrected chi connectivity index (χ1v) is 40.1. The highest BCUT2D eigenvalue weighted by Gasteiger charge is 2.47. The molecule has 2 aliphatic heterocycles. The summed E-state index contributed by atoms with van der Waals surface area (Å²) in [4.78, 5) is 168. The van der Waals surface area contributed by atoms with Gasteiger partial charge in [0.2, 0.25) is 41.4 Å². The number of terminal acetylenes is 1. The molecule has 9 rings (SSSR count). The van der Waals surface area contributed by atoms with E-state index in [4.69, 9.17) is 35.6 Å². The monoisotopic (exact) mass is 1700 g/mol. The average Bonchev–Trinajstić information content (AvgIpc) is 1.62. The lowest BCUT2D eigenvalue weighted by atomic mass is 9.96. The van der Waals surface area contributed by atoms with E-state index in [-0.39, 0.29) is 90.8 Å². The molecule has 9 amide bonds. The maximum atomic E-state index is 14.8. The van der Waals surface area contributed by atoms with Crippen molar-refractivity contribution < 1.29 is 86.3 Å². The second kappa shape index (κ2) is 44.2. The third-order valence-electron chi connectivity index (χ3n) is 20.9. The number of carbonyl (C=O) groups excluding carboxylic acids is 11. The molecular formula is C88H113N15O18S. The van der Waals surface area contributed by atoms with E-state index in [1.165, 1.54) is 44.9 Å². The highest BCUT2D eigenvalue weighted by atomic mass is 32.1. The van der Waals surface area contributed by atoms with Crippen LogP contribution in [-0.2, 0) is 92.8 Å². The van der Waals surface area contributed by atoms with E-state index in [0.717, 1.165) is 43.2 Å². The number of nitrogens with zero attached hydrogens (tertiary/aromatic N) is 10. The SMILES string of the molecule is C#CCNC(=O)[C@H](Cc1ccccc1)NC(=O)[C@@H]1C[C@H](n2cc(COc3ccc(C[C@H](CC(=O)OCC4c5ccccc5-c5ccccc54)C(=O)OC)cc3)nn2)CN1C(=O)[C@@H](NC(=O)[C@H](C)N(C)C(=O)OC(C)(C)C)C(C)C.CC(C)[C@H](NC(=O)[C@H](C)N(C)C(=O)OC(C)(C)C)C(=O)N1C[C@@H](N=[N+]=[N-])C[C@H]1C(=O)N[C@@H](Cc1ccccc1)C(=O)O.S. The number of carbonyl (C=O) groups is 12. The number of benzene rings is 5. The lowest BCUT2D eigenvalue weighted by Gasteiger charge is -2.33. The van der Waals surface area contributed by atoms with Crippen molar-refractivity contribution in [1.29, 1.82) is 0 Å². The number of methoxy groups -OCH3 is 1. The first-order chi connectivity index (χ1) is 57.3. The van der Waals surface area contributed by atoms with Crippen LogP contribution in [0, 0.1) is 30.1 Å². The summed E-state index contributed by atoms with van der Waals surface area (Å²) in [6.07, 6.45) is 5.92. The van der Waals surface area contributed by atoms with Crippen molar-refractivity contribution in [2.24, 2.45) is 22.9 Å². The number of azide groups is 1. The predicted octanol–water partition coefficient (Wildman–Crippen LogP) is 8.54. The predicted molar refractivity (Wildman–Crippen MR) is 456 cm³/mol. The van der Waals surface area contributed by atoms with Crippen LogP contribution in [0.3, 0.4) is 0 Å². The number of rotatable bonds is 33. The first kappa shape index (κ1) is 96.6. The van der Waals surface area contributed by atoms with Gasteiger partial charge in [-0.3, -0.25) is 53.0 Å². The number of likely N-dealkylation sites (tertiary alicyclic amines) is 2. The molecule has 0 spiro atoms. The number of ether oxygens (including phenoxy) is 5. The summed E-state index contributed by atoms with van der Waals surface area (Å²) in [5.41, 5.74) is 14.5. The maximum Gasteiger partial charge on any atom is 0.410 e. The van der Waals surface area contributed by atoms with Crippen molar-refractivity contribution in [2.75, 3.05) is 47.4 Å². The molecule has 2 saturated heterocycles. The zero-order chi connectivity index (χ0) is 88.7. The lowest BCUT2D eigenvalue weighted by Crippen LogP contribution is -2.59. The van der Waals surface area contributed by atoms with Gasteiger partial charge < -0.3 is 65.2 Å². The molecular weight excluding hydrogens is 1590 g/mol. The number of esters is 2. The molecule has 3 heterocycles. The van der Waals surface area contributed by atoms with E-state index < -0.39 is 161 Å². The number of aromatic nitrogens is 3. The Bertz CT molecular complexity index is 4710. The Balaban J connectivity index is 0.000000402. The Morgan fingerprint density at radius 3 is 1.57 bits per heavy atom. The van der Waals surface area contributed by atoms with Gasteiger partial charge in [-0.25, -0.2) is 19.1 Å². The van der Waals surface area contributed by atoms with Crippen LogP contribution in [0.4, 0.5) is 9.59 Å². The number of hydrogen-bond donors (Lipinski definition) is 6. The van der Waals surface area contributed by atoms with Crippen LogP contribution in [0.5, 0.6) is 5.75 Å². The Morgan fingerprint density at radius 1 is 0.623 bits per heavy atom. The molecule has 0 saturated carbocycles. The third-order valence-corrected chi connectivity index (χ3v) is 20.9. The summed E-state index contributed by atoms with van der Waals surface area (Å²) in [5, 5.41) is 35.7. The lowest BCUT2D eigenvalue weighted by molar-refractivity contribution is -0.153. The summed E-state index contributed by atoms with van der Waals surface area (Å²) in [5.74, 6) is -5.43. The standard InChI is InChI=1S/C60H70N8O11.C28H41N7O7.H2S/c1-10-28-61-55(71)50(30-39-18-12-11-13-19-39)62-56(72)51-32-43(34-67(51)57(73)53(37(2)3)63-54(70)38(4)66(8)59(75)79-60(5,6)7)68-33-42(64-65-68)35-77-44-26-24-40(25-27-44)29-41(58(74)76-9)31-52(69)78-36-49-47-22-16-14-20-45(47)46-21-15-17-23-48(46)49;1-16(2)22(31-23(36)17(3)34(7)27(41)42-28(4,5)6)25(38)35-15-19(32-33-29)14-21(35)24(37)30-20(26(39)40)13-18-11-9-8-10-12-18;/h1,11-27,33,37-38,41,43,49-51,53H,28-32,34-36H2,2-9H3,(H,61,71)(H,62,72)(H,63,70);8-12,16-17,19-22H,13-15H2,1-7H3,(H,30,37)(H,31,36)(H,39,40);1H2/t38-,41+,43-,50-,51-,53-;17-,19-,20-,21-,22-;/m00./s1. The van der Waals surface area contributed by atoms with E-state index in [1.54, 1.807) is 135 Å². The summed E-state index contributed by atoms with van der Waals surface area (Å²) >= 11 is 0. The molecule has 5 aromatic carbocycles. The van der Waals surface area contributed by atoms with E-state index in [2.05, 4.69) is 65.0 Å². The second-order valence-electron chi connectivity index (χ2n) is 32.9. The number of amides is 9. The number of hydrogen-bond acceptors (Lipinski definition) is 20. The molecule has 0 bridgehead atoms. The minimum absolute atomic E-state index is 0. The van der Waals surface area contributed by atoms with Gasteiger partial charge in [0.25, 0.3) is 0 Å². The molecule has 1 aromatic heterocycles. The minimum atomic E-state index is -1.26. The molecule has 2 fully saturated rings. The quantitative estimate of drug-likeness (QED) is 0.00561. The molecule has 3 aliphatic rings. The summed E-state index contributed by atoms with van der Waals surface area (Å²) in [7, 11) is 4.12. The van der Waals surface area contributed by atoms with Crippen molar-refractivity contribution >= 4 is 84.9 Å². The van der Waals surface area contributed by atoms with Crippen molar-refractivity contribution in [3.05, 3.63) is 184 Å². The molecule has 34 heteroatoms. The van der Waals surface area contributed by atoms with Crippen LogP contribution < -0.4 is 31.3 Å². The molecule has 122 heavy (non-hydrogen) atoms. The van der Waals surface area contributed by atoms with Gasteiger partial charge in [-0.05, 0) is 137 Å². The number of nitrogens with one attached hydrogen (secondary N) is 5. The second-order valence-corrected chi connectivity index (χ2v) is 32.9. The van der Waals surface area contributed by atoms with Crippen LogP contribution in [0.2, 0.25) is 0 Å². The van der Waals surface area contributed by atoms with Crippen molar-refractivity contribution in [3.63, 3.8) is 0 Å². The van der Waals surface area contributed by atoms with Gasteiger partial charge in [0.15, 0.2) is 0 Å². The number of carboxylic acids is 1. The van der Waals surface area contributed by atoms with Gasteiger partial charge in [-0.2, -0.15) is 13.5 Å². The fourth-order valence-corrected chi connectivity index (χ4v) is 14.1. The van der Waals surface area contributed by atoms with Crippen molar-refractivity contribution in [2.45, 2.75) is 206 Å². The molecule has 0 unspecified atom stereocenters. The third kappa shape index (κ3) is 26.7. The Hall–Kier alpha value is -12.5. The van der Waals surface area contributed by atoms with Crippen molar-refractivity contribution in [3.8, 4) is 29.2 Å². The van der Waals surface area contributed by atoms with Crippen LogP contribution in [0.25, 0.3) is 21.6 Å². The van der Waals surface area contributed by atoms with Gasteiger partial charge >= 0.3 is 30.1 Å². The normalized spacial score (nSPS) is 17.0. The zero-order valence-electron chi connectivity index (χ0n) is 71.6. The Labute approximate surface area is 717 Å². The fourth-order valence-electron chi connectivity index (χ4n) is 14.1. The van der Waals surface area contributed by atoms with E-state index in [1.807, 2.05) is 66.7 Å². The molecule has 11 atom stereocenters. The molecule has 654 valence electrons. The fraction of sp³-hybridized carbons (Fsp3) is 0.477. The molecule has 0 radical (unpaired) electrons. The van der Waals surface area contributed by atoms with E-state index in [9.17, 15) is 62.6 Å². The number of carboxylic acid groups (broad SMARTS) is 1. The van der Waals surface area contributed by atoms with Crippen LogP contribution in [0.1, 0.15) is 148 Å².